The average molecular weight is 120 g/mol. The third-order valence-electron chi connectivity index (χ3n) is 0.428. The number of nitrogens with two attached hydrogens (primary N) is 1. The average Bonchev–Trinajstić information content (AvgIpc) is 1.68. The van der Waals surface area contributed by atoms with E-state index in [0.29, 0.717) is 0 Å². The van der Waals surface area contributed by atoms with Crippen LogP contribution in [0.2, 0.25) is 0 Å². The molecule has 0 saturated carbocycles. The molecule has 0 rings (SSSR count). The molecule has 0 heterocycles. The molecule has 0 atom stereocenters. The lowest BCUT2D eigenvalue weighted by Gasteiger charge is -1.98. The van der Waals surface area contributed by atoms with E-state index in [1.807, 2.05) is 6.92 Å². The maximum Gasteiger partial charge on any atom is 0.277 e. The zero-order valence-electron chi connectivity index (χ0n) is 4.10. The molecule has 4 heteroatoms. The van der Waals surface area contributed by atoms with Gasteiger partial charge >= 0.3 is 0 Å². The van der Waals surface area contributed by atoms with Gasteiger partial charge in [-0.1, -0.05) is 0 Å². The molecule has 3 nitrogen and oxygen atoms in total. The van der Waals surface area contributed by atoms with Crippen molar-refractivity contribution in [3.8, 4) is 0 Å². The summed E-state index contributed by atoms with van der Waals surface area (Å²) < 4.78 is 0. The third kappa shape index (κ3) is 3.48. The molecular weight excluding hydrogens is 112 g/mol. The van der Waals surface area contributed by atoms with Crippen molar-refractivity contribution in [1.29, 1.82) is 0 Å². The minimum Gasteiger partial charge on any atom is -0.381 e. The van der Waals surface area contributed by atoms with Crippen LogP contribution in [0, 0.1) is 0 Å². The van der Waals surface area contributed by atoms with Gasteiger partial charge in [-0.05, 0) is 19.1 Å². The Labute approximate surface area is 47.8 Å². The second kappa shape index (κ2) is 3.83. The highest BCUT2D eigenvalue weighted by molar-refractivity contribution is 7.80. The molecule has 0 amide bonds. The van der Waals surface area contributed by atoms with Gasteiger partial charge in [0.15, 0.2) is 0 Å². The number of hydrogen-bond donors (Lipinski definition) is 2. The largest absolute Gasteiger partial charge is 0.381 e. The molecule has 0 aliphatic heterocycles. The van der Waals surface area contributed by atoms with Crippen LogP contribution in [0.1, 0.15) is 6.92 Å². The summed E-state index contributed by atoms with van der Waals surface area (Å²) in [6, 6.07) is 0. The SMILES string of the molecule is CCNC(=S)ON. The minimum absolute atomic E-state index is 0.238. The molecule has 0 bridgehead atoms. The first-order chi connectivity index (χ1) is 3.31. The van der Waals surface area contributed by atoms with Crippen molar-refractivity contribution in [3.05, 3.63) is 0 Å². The van der Waals surface area contributed by atoms with Crippen LogP contribution in [0.3, 0.4) is 0 Å². The Morgan fingerprint density at radius 1 is 2.00 bits per heavy atom. The molecule has 0 fully saturated rings. The molecule has 0 aromatic carbocycles. The van der Waals surface area contributed by atoms with Crippen molar-refractivity contribution < 1.29 is 4.84 Å². The molecular formula is C3H8N2OS. The lowest BCUT2D eigenvalue weighted by molar-refractivity contribution is 0.315. The van der Waals surface area contributed by atoms with E-state index in [2.05, 4.69) is 28.3 Å². The van der Waals surface area contributed by atoms with Gasteiger partial charge in [0.25, 0.3) is 5.17 Å². The number of thiocarbonyl (C=S) groups is 1. The molecule has 0 aliphatic rings. The van der Waals surface area contributed by atoms with Gasteiger partial charge in [0.2, 0.25) is 0 Å². The van der Waals surface area contributed by atoms with Crippen molar-refractivity contribution in [1.82, 2.24) is 5.32 Å². The van der Waals surface area contributed by atoms with Gasteiger partial charge in [0.05, 0.1) is 0 Å². The summed E-state index contributed by atoms with van der Waals surface area (Å²) in [5.41, 5.74) is 0. The van der Waals surface area contributed by atoms with E-state index in [4.69, 9.17) is 0 Å². The van der Waals surface area contributed by atoms with Crippen LogP contribution >= 0.6 is 12.2 Å². The Hall–Kier alpha value is -0.350. The van der Waals surface area contributed by atoms with E-state index in [9.17, 15) is 0 Å². The zero-order chi connectivity index (χ0) is 5.70. The molecule has 0 aromatic rings. The predicted octanol–water partition coefficient (Wildman–Crippen LogP) is -0.229. The standard InChI is InChI=1S/C3H8N2OS/c1-2-5-3(7)6-4/h2,4H2,1H3,(H,5,7). The van der Waals surface area contributed by atoms with E-state index in [1.165, 1.54) is 0 Å². The summed E-state index contributed by atoms with van der Waals surface area (Å²) in [7, 11) is 0. The Kier molecular flexibility index (Phi) is 3.64. The topological polar surface area (TPSA) is 47.3 Å². The van der Waals surface area contributed by atoms with Gasteiger partial charge in [-0.2, -0.15) is 5.90 Å². The number of rotatable bonds is 1. The lowest BCUT2D eigenvalue weighted by Crippen LogP contribution is -2.25. The van der Waals surface area contributed by atoms with Crippen molar-refractivity contribution in [2.75, 3.05) is 6.54 Å². The quantitative estimate of drug-likeness (QED) is 0.371. The lowest BCUT2D eigenvalue weighted by atomic mass is 10.8. The fourth-order valence-electron chi connectivity index (χ4n) is 0.186. The van der Waals surface area contributed by atoms with E-state index < -0.39 is 0 Å². The smallest absolute Gasteiger partial charge is 0.277 e. The van der Waals surface area contributed by atoms with Gasteiger partial charge in [-0.15, -0.1) is 0 Å². The van der Waals surface area contributed by atoms with E-state index in [-0.39, 0.29) is 5.17 Å². The second-order valence-corrected chi connectivity index (χ2v) is 1.31. The van der Waals surface area contributed by atoms with Crippen molar-refractivity contribution in [2.24, 2.45) is 5.90 Å². The molecule has 0 radical (unpaired) electrons. The van der Waals surface area contributed by atoms with Crippen LogP contribution in [0.4, 0.5) is 0 Å². The van der Waals surface area contributed by atoms with Crippen molar-refractivity contribution in [2.45, 2.75) is 6.92 Å². The van der Waals surface area contributed by atoms with Crippen molar-refractivity contribution >= 4 is 17.4 Å². The Morgan fingerprint density at radius 2 is 2.57 bits per heavy atom. The fourth-order valence-corrected chi connectivity index (χ4v) is 0.330. The maximum atomic E-state index is 4.65. The Balaban J connectivity index is 3.00. The summed E-state index contributed by atoms with van der Waals surface area (Å²) in [5.74, 6) is 4.65. The Bertz CT molecular complexity index is 66.0. The normalized spacial score (nSPS) is 7.71. The highest BCUT2D eigenvalue weighted by Gasteiger charge is 1.84. The monoisotopic (exact) mass is 120 g/mol. The molecule has 0 spiro atoms. The fraction of sp³-hybridized carbons (Fsp3) is 0.667. The molecule has 0 unspecified atom stereocenters. The first-order valence-electron chi connectivity index (χ1n) is 1.95. The van der Waals surface area contributed by atoms with Gasteiger partial charge in [-0.25, -0.2) is 0 Å². The minimum atomic E-state index is 0.238. The molecule has 0 saturated heterocycles. The van der Waals surface area contributed by atoms with E-state index in [1.54, 1.807) is 0 Å². The maximum absolute atomic E-state index is 4.65. The van der Waals surface area contributed by atoms with Crippen LogP contribution in [0.5, 0.6) is 0 Å². The molecule has 42 valence electrons. The van der Waals surface area contributed by atoms with Gasteiger partial charge in [-0.3, -0.25) is 0 Å². The summed E-state index contributed by atoms with van der Waals surface area (Å²) >= 11 is 4.50. The summed E-state index contributed by atoms with van der Waals surface area (Å²) in [6.07, 6.45) is 0. The highest BCUT2D eigenvalue weighted by Crippen LogP contribution is 1.64. The highest BCUT2D eigenvalue weighted by atomic mass is 32.1. The van der Waals surface area contributed by atoms with E-state index >= 15 is 0 Å². The molecule has 7 heavy (non-hydrogen) atoms. The molecule has 0 aliphatic carbocycles. The van der Waals surface area contributed by atoms with Crippen LogP contribution < -0.4 is 11.2 Å². The second-order valence-electron chi connectivity index (χ2n) is 0.936. The zero-order valence-corrected chi connectivity index (χ0v) is 4.92. The van der Waals surface area contributed by atoms with Crippen LogP contribution in [0.15, 0.2) is 0 Å². The van der Waals surface area contributed by atoms with Crippen LogP contribution in [0.25, 0.3) is 0 Å². The van der Waals surface area contributed by atoms with Crippen LogP contribution in [-0.2, 0) is 4.84 Å². The molecule has 3 N–H and O–H groups in total. The third-order valence-corrected chi connectivity index (χ3v) is 0.669. The van der Waals surface area contributed by atoms with Crippen molar-refractivity contribution in [3.63, 3.8) is 0 Å². The predicted molar refractivity (Wildman–Crippen MR) is 31.5 cm³/mol. The Morgan fingerprint density at radius 3 is 2.71 bits per heavy atom. The first kappa shape index (κ1) is 6.65. The number of hydrogen-bond acceptors (Lipinski definition) is 3. The summed E-state index contributed by atoms with van der Waals surface area (Å²) in [4.78, 5) is 4.11. The van der Waals surface area contributed by atoms with Gasteiger partial charge in [0, 0.05) is 6.54 Å². The van der Waals surface area contributed by atoms with Gasteiger partial charge in [0.1, 0.15) is 0 Å². The molecule has 0 aromatic heterocycles. The van der Waals surface area contributed by atoms with Gasteiger partial charge < -0.3 is 10.2 Å². The summed E-state index contributed by atoms with van der Waals surface area (Å²) in [5, 5.41) is 2.92. The number of nitrogens with one attached hydrogen (secondary N) is 1. The summed E-state index contributed by atoms with van der Waals surface area (Å²) in [6.45, 7) is 2.65. The first-order valence-corrected chi connectivity index (χ1v) is 2.36. The van der Waals surface area contributed by atoms with E-state index in [0.717, 1.165) is 6.54 Å². The van der Waals surface area contributed by atoms with Crippen LogP contribution in [-0.4, -0.2) is 11.7 Å².